The molecule has 0 aliphatic carbocycles. The molecule has 1 saturated heterocycles. The maximum absolute atomic E-state index is 5.45. The molecular formula is C15H32IN3O3. The number of ether oxygens (including phenoxy) is 3. The molecule has 0 bridgehead atoms. The van der Waals surface area contributed by atoms with E-state index in [0.29, 0.717) is 19.1 Å². The molecule has 1 fully saturated rings. The maximum Gasteiger partial charge on any atom is 0.193 e. The van der Waals surface area contributed by atoms with Crippen molar-refractivity contribution >= 4 is 29.9 Å². The number of halogens is 1. The molecule has 1 atom stereocenters. The molecule has 0 aromatic rings. The number of methoxy groups -OCH3 is 2. The molecule has 6 nitrogen and oxygen atoms in total. The number of hydrogen-bond donors (Lipinski definition) is 1. The van der Waals surface area contributed by atoms with Gasteiger partial charge in [0.2, 0.25) is 0 Å². The molecule has 1 aliphatic heterocycles. The third kappa shape index (κ3) is 9.12. The van der Waals surface area contributed by atoms with Crippen LogP contribution in [0.2, 0.25) is 0 Å². The number of nitrogens with zero attached hydrogens (tertiary/aromatic N) is 2. The first-order valence-electron chi connectivity index (χ1n) is 7.90. The molecule has 0 aromatic carbocycles. The molecule has 1 unspecified atom stereocenters. The van der Waals surface area contributed by atoms with Gasteiger partial charge in [-0.3, -0.25) is 4.99 Å². The van der Waals surface area contributed by atoms with E-state index in [9.17, 15) is 0 Å². The first-order valence-corrected chi connectivity index (χ1v) is 7.90. The van der Waals surface area contributed by atoms with Crippen LogP contribution in [0.3, 0.4) is 0 Å². The summed E-state index contributed by atoms with van der Waals surface area (Å²) >= 11 is 0. The largest absolute Gasteiger partial charge is 0.384 e. The first kappa shape index (κ1) is 21.9. The van der Waals surface area contributed by atoms with Crippen LogP contribution < -0.4 is 5.32 Å². The van der Waals surface area contributed by atoms with E-state index in [0.717, 1.165) is 51.8 Å². The Morgan fingerprint density at radius 2 is 2.05 bits per heavy atom. The molecule has 22 heavy (non-hydrogen) atoms. The fourth-order valence-electron chi connectivity index (χ4n) is 2.42. The van der Waals surface area contributed by atoms with Gasteiger partial charge in [-0.15, -0.1) is 24.0 Å². The highest BCUT2D eigenvalue weighted by atomic mass is 127. The van der Waals surface area contributed by atoms with E-state index >= 15 is 0 Å². The lowest BCUT2D eigenvalue weighted by Crippen LogP contribution is -2.40. The summed E-state index contributed by atoms with van der Waals surface area (Å²) in [4.78, 5) is 7.02. The van der Waals surface area contributed by atoms with Crippen LogP contribution in [-0.4, -0.2) is 77.7 Å². The van der Waals surface area contributed by atoms with E-state index in [1.54, 1.807) is 14.2 Å². The Kier molecular flexibility index (Phi) is 14.4. The zero-order valence-electron chi connectivity index (χ0n) is 14.2. The molecule has 1 rings (SSSR count). The van der Waals surface area contributed by atoms with Crippen molar-refractivity contribution < 1.29 is 14.2 Å². The van der Waals surface area contributed by atoms with Crippen LogP contribution in [0.5, 0.6) is 0 Å². The number of likely N-dealkylation sites (tertiary alicyclic amines) is 1. The maximum atomic E-state index is 5.45. The standard InChI is InChI=1S/C15H31N3O3.HI/c1-4-16-15(17-7-5-9-21-11-10-19-2)18-8-6-14(12-18)13-20-3;/h14H,4-13H2,1-3H3,(H,16,17);1H. The summed E-state index contributed by atoms with van der Waals surface area (Å²) in [6.45, 7) is 8.77. The Bertz CT molecular complexity index is 293. The number of rotatable bonds is 10. The highest BCUT2D eigenvalue weighted by Gasteiger charge is 2.24. The third-order valence-corrected chi connectivity index (χ3v) is 3.46. The van der Waals surface area contributed by atoms with Crippen molar-refractivity contribution in [1.29, 1.82) is 0 Å². The number of hydrogen-bond acceptors (Lipinski definition) is 4. The predicted octanol–water partition coefficient (Wildman–Crippen LogP) is 1.59. The number of aliphatic imine (C=N–C) groups is 1. The van der Waals surface area contributed by atoms with Crippen LogP contribution in [0.15, 0.2) is 4.99 Å². The van der Waals surface area contributed by atoms with Crippen molar-refractivity contribution in [3.8, 4) is 0 Å². The Morgan fingerprint density at radius 1 is 1.23 bits per heavy atom. The number of guanidine groups is 1. The second-order valence-corrected chi connectivity index (χ2v) is 5.25. The highest BCUT2D eigenvalue weighted by Crippen LogP contribution is 2.16. The van der Waals surface area contributed by atoms with Gasteiger partial charge in [0.25, 0.3) is 0 Å². The zero-order valence-corrected chi connectivity index (χ0v) is 16.5. The fourth-order valence-corrected chi connectivity index (χ4v) is 2.42. The summed E-state index contributed by atoms with van der Waals surface area (Å²) in [7, 11) is 3.45. The molecule has 0 spiro atoms. The van der Waals surface area contributed by atoms with Gasteiger partial charge in [-0.05, 0) is 19.8 Å². The SMILES string of the molecule is CCNC(=NCCCOCCOC)N1CCC(COC)C1.I. The molecular weight excluding hydrogens is 397 g/mol. The third-order valence-electron chi connectivity index (χ3n) is 3.46. The lowest BCUT2D eigenvalue weighted by atomic mass is 10.1. The Morgan fingerprint density at radius 3 is 2.73 bits per heavy atom. The lowest BCUT2D eigenvalue weighted by Gasteiger charge is -2.21. The molecule has 7 heteroatoms. The highest BCUT2D eigenvalue weighted by molar-refractivity contribution is 14.0. The number of nitrogens with one attached hydrogen (secondary N) is 1. The summed E-state index contributed by atoms with van der Waals surface area (Å²) in [5.74, 6) is 1.64. The average molecular weight is 429 g/mol. The molecule has 1 N–H and O–H groups in total. The minimum atomic E-state index is 0. The van der Waals surface area contributed by atoms with Gasteiger partial charge in [0.15, 0.2) is 5.96 Å². The van der Waals surface area contributed by atoms with Crippen molar-refractivity contribution in [3.63, 3.8) is 0 Å². The molecule has 132 valence electrons. The Balaban J connectivity index is 0.00000441. The van der Waals surface area contributed by atoms with E-state index in [4.69, 9.17) is 14.2 Å². The van der Waals surface area contributed by atoms with Gasteiger partial charge in [0.1, 0.15) is 0 Å². The average Bonchev–Trinajstić information content (AvgIpc) is 2.94. The van der Waals surface area contributed by atoms with Gasteiger partial charge in [0.05, 0.1) is 19.8 Å². The normalized spacial score (nSPS) is 18.4. The summed E-state index contributed by atoms with van der Waals surface area (Å²) < 4.78 is 15.6. The summed E-state index contributed by atoms with van der Waals surface area (Å²) in [6.07, 6.45) is 2.12. The topological polar surface area (TPSA) is 55.3 Å². The Hall–Kier alpha value is -0.120. The predicted molar refractivity (Wildman–Crippen MR) is 100 cm³/mol. The van der Waals surface area contributed by atoms with E-state index in [1.165, 1.54) is 6.42 Å². The monoisotopic (exact) mass is 429 g/mol. The second kappa shape index (κ2) is 14.5. The zero-order chi connectivity index (χ0) is 15.3. The summed E-state index contributed by atoms with van der Waals surface area (Å²) in [5.41, 5.74) is 0. The minimum Gasteiger partial charge on any atom is -0.384 e. The Labute approximate surface area is 152 Å². The lowest BCUT2D eigenvalue weighted by molar-refractivity contribution is 0.0702. The first-order chi connectivity index (χ1) is 10.3. The van der Waals surface area contributed by atoms with Crippen LogP contribution >= 0.6 is 24.0 Å². The van der Waals surface area contributed by atoms with Crippen molar-refractivity contribution in [2.24, 2.45) is 10.9 Å². The fraction of sp³-hybridized carbons (Fsp3) is 0.933. The van der Waals surface area contributed by atoms with Crippen LogP contribution in [0.25, 0.3) is 0 Å². The van der Waals surface area contributed by atoms with Gasteiger partial charge < -0.3 is 24.4 Å². The van der Waals surface area contributed by atoms with Crippen molar-refractivity contribution in [2.45, 2.75) is 19.8 Å². The van der Waals surface area contributed by atoms with Crippen LogP contribution in [-0.2, 0) is 14.2 Å². The second-order valence-electron chi connectivity index (χ2n) is 5.25. The molecule has 0 aromatic heterocycles. The van der Waals surface area contributed by atoms with Crippen molar-refractivity contribution in [2.75, 3.05) is 66.8 Å². The molecule has 1 aliphatic rings. The van der Waals surface area contributed by atoms with Crippen molar-refractivity contribution in [1.82, 2.24) is 10.2 Å². The van der Waals surface area contributed by atoms with Gasteiger partial charge in [-0.2, -0.15) is 0 Å². The van der Waals surface area contributed by atoms with Gasteiger partial charge in [-0.25, -0.2) is 0 Å². The summed E-state index contributed by atoms with van der Waals surface area (Å²) in [5, 5.41) is 3.37. The van der Waals surface area contributed by atoms with E-state index in [1.807, 2.05) is 0 Å². The van der Waals surface area contributed by atoms with Crippen molar-refractivity contribution in [3.05, 3.63) is 0 Å². The van der Waals surface area contributed by atoms with Gasteiger partial charge in [0, 0.05) is 52.9 Å². The van der Waals surface area contributed by atoms with Gasteiger partial charge in [-0.1, -0.05) is 0 Å². The molecule has 0 saturated carbocycles. The minimum absolute atomic E-state index is 0. The molecule has 1 heterocycles. The van der Waals surface area contributed by atoms with Crippen LogP contribution in [0.4, 0.5) is 0 Å². The molecule has 0 radical (unpaired) electrons. The van der Waals surface area contributed by atoms with E-state index in [-0.39, 0.29) is 24.0 Å². The summed E-state index contributed by atoms with van der Waals surface area (Å²) in [6, 6.07) is 0. The smallest absolute Gasteiger partial charge is 0.193 e. The quantitative estimate of drug-likeness (QED) is 0.248. The van der Waals surface area contributed by atoms with Crippen LogP contribution in [0.1, 0.15) is 19.8 Å². The van der Waals surface area contributed by atoms with Gasteiger partial charge >= 0.3 is 0 Å². The van der Waals surface area contributed by atoms with Crippen LogP contribution in [0, 0.1) is 5.92 Å². The van der Waals surface area contributed by atoms with E-state index < -0.39 is 0 Å². The van der Waals surface area contributed by atoms with E-state index in [2.05, 4.69) is 22.1 Å². The molecule has 0 amide bonds.